The first kappa shape index (κ1) is 14.9. The molecule has 0 aliphatic heterocycles. The summed E-state index contributed by atoms with van der Waals surface area (Å²) in [5.74, 6) is 0.433. The van der Waals surface area contributed by atoms with Crippen LogP contribution in [0.25, 0.3) is 11.4 Å². The summed E-state index contributed by atoms with van der Waals surface area (Å²) in [6.07, 6.45) is 1.34. The van der Waals surface area contributed by atoms with Gasteiger partial charge >= 0.3 is 5.88 Å². The molecule has 2 aromatic heterocycles. The van der Waals surface area contributed by atoms with E-state index in [2.05, 4.69) is 15.3 Å². The van der Waals surface area contributed by atoms with Crippen molar-refractivity contribution in [3.8, 4) is 11.4 Å². The zero-order valence-corrected chi connectivity index (χ0v) is 12.8. The Kier molecular flexibility index (Phi) is 3.85. The van der Waals surface area contributed by atoms with Gasteiger partial charge in [0.05, 0.1) is 12.3 Å². The van der Waals surface area contributed by atoms with Gasteiger partial charge in [-0.1, -0.05) is 29.8 Å². The standard InChI is InChI=1S/C14H11N5O3S/c1-9-2-4-10(5-3-9)13-16-17-14(23)18(13)15-8-11-6-7-12(22-11)19(20)21/h2-8H,1H3,(H,17,23)/b15-8-. The Hall–Kier alpha value is -3.07. The lowest BCUT2D eigenvalue weighted by atomic mass is 10.1. The number of aryl methyl sites for hydroxylation is 1. The number of aromatic nitrogens is 3. The summed E-state index contributed by atoms with van der Waals surface area (Å²) >= 11 is 5.15. The van der Waals surface area contributed by atoms with Crippen LogP contribution in [-0.2, 0) is 0 Å². The number of aromatic amines is 1. The highest BCUT2D eigenvalue weighted by Gasteiger charge is 2.11. The van der Waals surface area contributed by atoms with E-state index in [9.17, 15) is 10.1 Å². The van der Waals surface area contributed by atoms with Crippen LogP contribution in [0.15, 0.2) is 45.9 Å². The van der Waals surface area contributed by atoms with Crippen LogP contribution < -0.4 is 0 Å². The molecule has 9 heteroatoms. The van der Waals surface area contributed by atoms with Crippen molar-refractivity contribution in [3.63, 3.8) is 0 Å². The SMILES string of the molecule is Cc1ccc(-c2n[nH]c(=S)n2/N=C\c2ccc([N+](=O)[O-])o2)cc1. The Morgan fingerprint density at radius 2 is 2.09 bits per heavy atom. The summed E-state index contributed by atoms with van der Waals surface area (Å²) in [6.45, 7) is 1.99. The monoisotopic (exact) mass is 329 g/mol. The normalized spacial score (nSPS) is 11.2. The lowest BCUT2D eigenvalue weighted by Crippen LogP contribution is -1.94. The third kappa shape index (κ3) is 3.09. The lowest BCUT2D eigenvalue weighted by Gasteiger charge is -2.01. The summed E-state index contributed by atoms with van der Waals surface area (Å²) in [5.41, 5.74) is 1.96. The number of nitro groups is 1. The van der Waals surface area contributed by atoms with Crippen LogP contribution in [0.5, 0.6) is 0 Å². The van der Waals surface area contributed by atoms with Crippen LogP contribution >= 0.6 is 12.2 Å². The number of benzene rings is 1. The predicted octanol–water partition coefficient (Wildman–Crippen LogP) is 3.30. The fourth-order valence-electron chi connectivity index (χ4n) is 1.91. The molecule has 8 nitrogen and oxygen atoms in total. The highest BCUT2D eigenvalue weighted by molar-refractivity contribution is 7.71. The summed E-state index contributed by atoms with van der Waals surface area (Å²) in [4.78, 5) is 9.99. The maximum absolute atomic E-state index is 10.6. The average molecular weight is 329 g/mol. The Morgan fingerprint density at radius 3 is 2.74 bits per heavy atom. The molecule has 2 heterocycles. The molecule has 0 aliphatic carbocycles. The van der Waals surface area contributed by atoms with E-state index < -0.39 is 4.92 Å². The fraction of sp³-hybridized carbons (Fsp3) is 0.0714. The highest BCUT2D eigenvalue weighted by Crippen LogP contribution is 2.18. The molecular weight excluding hydrogens is 318 g/mol. The van der Waals surface area contributed by atoms with Gasteiger partial charge in [0.1, 0.15) is 4.92 Å². The van der Waals surface area contributed by atoms with Gasteiger partial charge in [0.2, 0.25) is 4.77 Å². The van der Waals surface area contributed by atoms with Gasteiger partial charge in [0.15, 0.2) is 11.6 Å². The van der Waals surface area contributed by atoms with Crippen LogP contribution in [0.4, 0.5) is 5.88 Å². The minimum atomic E-state index is -0.613. The smallest absolute Gasteiger partial charge is 0.400 e. The van der Waals surface area contributed by atoms with Crippen molar-refractivity contribution in [2.24, 2.45) is 5.10 Å². The lowest BCUT2D eigenvalue weighted by molar-refractivity contribution is -0.402. The second-order valence-electron chi connectivity index (χ2n) is 4.71. The molecule has 0 saturated heterocycles. The molecule has 1 aromatic carbocycles. The van der Waals surface area contributed by atoms with Gasteiger partial charge in [0.25, 0.3) is 0 Å². The first-order valence-corrected chi connectivity index (χ1v) is 6.98. The van der Waals surface area contributed by atoms with Gasteiger partial charge in [-0.2, -0.15) is 14.9 Å². The number of rotatable bonds is 4. The van der Waals surface area contributed by atoms with E-state index in [1.54, 1.807) is 0 Å². The van der Waals surface area contributed by atoms with Crippen molar-refractivity contribution in [2.75, 3.05) is 0 Å². The Labute approximate surface area is 135 Å². The van der Waals surface area contributed by atoms with E-state index in [0.717, 1.165) is 11.1 Å². The second-order valence-corrected chi connectivity index (χ2v) is 5.09. The van der Waals surface area contributed by atoms with Crippen molar-refractivity contribution in [1.29, 1.82) is 0 Å². The third-order valence-electron chi connectivity index (χ3n) is 3.05. The quantitative estimate of drug-likeness (QED) is 0.342. The molecule has 116 valence electrons. The molecule has 0 saturated carbocycles. The van der Waals surface area contributed by atoms with E-state index in [4.69, 9.17) is 16.6 Å². The molecule has 0 radical (unpaired) electrons. The largest absolute Gasteiger partial charge is 0.433 e. The topological polar surface area (TPSA) is 102 Å². The molecular formula is C14H11N5O3S. The van der Waals surface area contributed by atoms with E-state index in [-0.39, 0.29) is 11.6 Å². The molecule has 0 amide bonds. The minimum Gasteiger partial charge on any atom is -0.400 e. The fourth-order valence-corrected chi connectivity index (χ4v) is 2.09. The molecule has 0 bridgehead atoms. The summed E-state index contributed by atoms with van der Waals surface area (Å²) < 4.78 is 6.75. The molecule has 0 atom stereocenters. The maximum Gasteiger partial charge on any atom is 0.433 e. The number of hydrogen-bond donors (Lipinski definition) is 1. The van der Waals surface area contributed by atoms with Crippen LogP contribution in [0.1, 0.15) is 11.3 Å². The molecule has 0 unspecified atom stereocenters. The van der Waals surface area contributed by atoms with Gasteiger partial charge in [-0.15, -0.1) is 0 Å². The van der Waals surface area contributed by atoms with Crippen LogP contribution in [0.2, 0.25) is 0 Å². The van der Waals surface area contributed by atoms with E-state index in [1.807, 2.05) is 31.2 Å². The number of hydrogen-bond acceptors (Lipinski definition) is 6. The van der Waals surface area contributed by atoms with Crippen LogP contribution in [0, 0.1) is 21.8 Å². The van der Waals surface area contributed by atoms with Crippen LogP contribution in [-0.4, -0.2) is 26.0 Å². The van der Waals surface area contributed by atoms with Crippen molar-refractivity contribution in [3.05, 3.63) is 62.6 Å². The average Bonchev–Trinajstić information content (AvgIpc) is 3.13. The molecule has 23 heavy (non-hydrogen) atoms. The van der Waals surface area contributed by atoms with Crippen molar-refractivity contribution in [2.45, 2.75) is 6.92 Å². The zero-order chi connectivity index (χ0) is 16.4. The first-order chi connectivity index (χ1) is 11.0. The maximum atomic E-state index is 10.6. The summed E-state index contributed by atoms with van der Waals surface area (Å²) in [5, 5.41) is 21.6. The molecule has 0 fully saturated rings. The van der Waals surface area contributed by atoms with Crippen molar-refractivity contribution < 1.29 is 9.34 Å². The van der Waals surface area contributed by atoms with Gasteiger partial charge in [-0.05, 0) is 25.2 Å². The molecule has 3 aromatic rings. The van der Waals surface area contributed by atoms with Gasteiger partial charge in [-0.25, -0.2) is 5.10 Å². The molecule has 0 spiro atoms. The van der Waals surface area contributed by atoms with E-state index in [1.165, 1.54) is 23.0 Å². The van der Waals surface area contributed by atoms with Gasteiger partial charge in [0, 0.05) is 5.56 Å². The van der Waals surface area contributed by atoms with E-state index in [0.29, 0.717) is 10.6 Å². The second kappa shape index (κ2) is 5.97. The Bertz CT molecular complexity index is 936. The van der Waals surface area contributed by atoms with Gasteiger partial charge < -0.3 is 4.42 Å². The van der Waals surface area contributed by atoms with E-state index >= 15 is 0 Å². The third-order valence-corrected chi connectivity index (χ3v) is 3.32. The molecule has 1 N–H and O–H groups in total. The predicted molar refractivity (Wildman–Crippen MR) is 85.9 cm³/mol. The minimum absolute atomic E-state index is 0.245. The molecule has 3 rings (SSSR count). The zero-order valence-electron chi connectivity index (χ0n) is 12.0. The number of H-pyrrole nitrogens is 1. The van der Waals surface area contributed by atoms with Crippen molar-refractivity contribution >= 4 is 24.3 Å². The number of nitrogens with one attached hydrogen (secondary N) is 1. The van der Waals surface area contributed by atoms with Crippen molar-refractivity contribution in [1.82, 2.24) is 14.9 Å². The number of furan rings is 1. The molecule has 0 aliphatic rings. The number of nitrogens with zero attached hydrogens (tertiary/aromatic N) is 4. The van der Waals surface area contributed by atoms with Crippen LogP contribution in [0.3, 0.4) is 0 Å². The Balaban J connectivity index is 1.95. The Morgan fingerprint density at radius 1 is 1.35 bits per heavy atom. The highest BCUT2D eigenvalue weighted by atomic mass is 32.1. The summed E-state index contributed by atoms with van der Waals surface area (Å²) in [7, 11) is 0. The van der Waals surface area contributed by atoms with Gasteiger partial charge in [-0.3, -0.25) is 10.1 Å². The first-order valence-electron chi connectivity index (χ1n) is 6.57. The summed E-state index contributed by atoms with van der Waals surface area (Å²) in [6, 6.07) is 10.4.